The third-order valence-corrected chi connectivity index (χ3v) is 5.43. The van der Waals surface area contributed by atoms with Crippen molar-refractivity contribution >= 4 is 11.8 Å². The predicted octanol–water partition coefficient (Wildman–Crippen LogP) is 4.64. The van der Waals surface area contributed by atoms with Crippen LogP contribution in [0, 0.1) is 5.41 Å². The number of hydrogen-bond donors (Lipinski definition) is 1. The summed E-state index contributed by atoms with van der Waals surface area (Å²) in [4.78, 5) is 26.3. The number of Topliss-reactive ketones (excluding diaryl/α,β-unsaturated/α-hetero) is 1. The van der Waals surface area contributed by atoms with E-state index in [-0.39, 0.29) is 17.2 Å². The lowest BCUT2D eigenvalue weighted by atomic mass is 9.68. The van der Waals surface area contributed by atoms with E-state index in [1.165, 1.54) is 0 Å². The third kappa shape index (κ3) is 4.24. The minimum atomic E-state index is -0.484. The molecule has 1 heterocycles. The number of ether oxygens (including phenoxy) is 2. The average Bonchev–Trinajstić information content (AvgIpc) is 2.64. The van der Waals surface area contributed by atoms with Crippen LogP contribution in [0.5, 0.6) is 5.75 Å². The molecular formula is C24H31NO4. The zero-order valence-corrected chi connectivity index (χ0v) is 18.1. The molecule has 1 aromatic rings. The van der Waals surface area contributed by atoms with Gasteiger partial charge in [-0.3, -0.25) is 4.79 Å². The van der Waals surface area contributed by atoms with E-state index in [2.05, 4.69) is 19.2 Å². The summed E-state index contributed by atoms with van der Waals surface area (Å²) in [5, 5.41) is 3.36. The molecule has 0 saturated heterocycles. The summed E-state index contributed by atoms with van der Waals surface area (Å²) in [6.45, 7) is 10.8. The number of nitrogens with one attached hydrogen (secondary N) is 1. The Morgan fingerprint density at radius 2 is 1.93 bits per heavy atom. The molecule has 1 atom stereocenters. The van der Waals surface area contributed by atoms with Gasteiger partial charge in [-0.25, -0.2) is 4.79 Å². The predicted molar refractivity (Wildman–Crippen MR) is 112 cm³/mol. The summed E-state index contributed by atoms with van der Waals surface area (Å²) >= 11 is 0. The fourth-order valence-electron chi connectivity index (χ4n) is 4.30. The van der Waals surface area contributed by atoms with Crippen molar-refractivity contribution in [3.63, 3.8) is 0 Å². The van der Waals surface area contributed by atoms with Gasteiger partial charge in [-0.2, -0.15) is 0 Å². The number of allylic oxidation sites excluding steroid dienone is 3. The summed E-state index contributed by atoms with van der Waals surface area (Å²) in [5.74, 6) is -0.0902. The Labute approximate surface area is 173 Å². The van der Waals surface area contributed by atoms with Crippen molar-refractivity contribution < 1.29 is 19.1 Å². The fraction of sp³-hybridized carbons (Fsp3) is 0.500. The second kappa shape index (κ2) is 8.44. The van der Waals surface area contributed by atoms with Gasteiger partial charge in [0.1, 0.15) is 5.75 Å². The van der Waals surface area contributed by atoms with Crippen LogP contribution in [0.2, 0.25) is 0 Å². The first kappa shape index (κ1) is 21.2. The molecule has 3 rings (SSSR count). The second-order valence-corrected chi connectivity index (χ2v) is 8.54. The Hall–Kier alpha value is -2.56. The summed E-state index contributed by atoms with van der Waals surface area (Å²) in [6.07, 6.45) is 1.96. The zero-order valence-electron chi connectivity index (χ0n) is 18.1. The normalized spacial score (nSPS) is 20.9. The van der Waals surface area contributed by atoms with Crippen LogP contribution in [0.4, 0.5) is 0 Å². The topological polar surface area (TPSA) is 64.6 Å². The molecule has 29 heavy (non-hydrogen) atoms. The van der Waals surface area contributed by atoms with Crippen LogP contribution in [-0.2, 0) is 14.3 Å². The van der Waals surface area contributed by atoms with E-state index in [1.807, 2.05) is 45.0 Å². The Kier molecular flexibility index (Phi) is 6.15. The number of esters is 1. The van der Waals surface area contributed by atoms with Gasteiger partial charge >= 0.3 is 5.97 Å². The molecule has 5 heteroatoms. The van der Waals surface area contributed by atoms with E-state index in [0.717, 1.165) is 29.8 Å². The van der Waals surface area contributed by atoms with Crippen molar-refractivity contribution in [2.45, 2.75) is 59.8 Å². The maximum Gasteiger partial charge on any atom is 0.336 e. The van der Waals surface area contributed by atoms with E-state index in [9.17, 15) is 9.59 Å². The van der Waals surface area contributed by atoms with Gasteiger partial charge in [0.25, 0.3) is 0 Å². The molecule has 1 aliphatic heterocycles. The van der Waals surface area contributed by atoms with E-state index in [4.69, 9.17) is 9.47 Å². The first-order valence-corrected chi connectivity index (χ1v) is 10.4. The van der Waals surface area contributed by atoms with Crippen LogP contribution in [0.1, 0.15) is 65.4 Å². The highest BCUT2D eigenvalue weighted by Gasteiger charge is 2.43. The Balaban J connectivity index is 2.18. The van der Waals surface area contributed by atoms with Crippen LogP contribution in [-0.4, -0.2) is 25.0 Å². The number of carbonyl (C=O) groups is 2. The minimum absolute atomic E-state index is 0.0772. The highest BCUT2D eigenvalue weighted by atomic mass is 16.5. The number of hydrogen-bond acceptors (Lipinski definition) is 5. The van der Waals surface area contributed by atoms with E-state index < -0.39 is 5.92 Å². The molecule has 1 aliphatic carbocycles. The lowest BCUT2D eigenvalue weighted by Crippen LogP contribution is -2.38. The number of para-hydroxylation sites is 1. The van der Waals surface area contributed by atoms with Gasteiger partial charge in [-0.05, 0) is 38.2 Å². The maximum absolute atomic E-state index is 13.3. The number of benzene rings is 1. The van der Waals surface area contributed by atoms with Gasteiger partial charge < -0.3 is 14.8 Å². The second-order valence-electron chi connectivity index (χ2n) is 8.54. The lowest BCUT2D eigenvalue weighted by Gasteiger charge is -2.39. The van der Waals surface area contributed by atoms with Crippen molar-refractivity contribution in [1.82, 2.24) is 5.32 Å². The number of carbonyl (C=O) groups excluding carboxylic acids is 2. The van der Waals surface area contributed by atoms with Gasteiger partial charge in [-0.1, -0.05) is 39.0 Å². The smallest absolute Gasteiger partial charge is 0.336 e. The molecule has 0 radical (unpaired) electrons. The van der Waals surface area contributed by atoms with E-state index >= 15 is 0 Å². The molecule has 0 fully saturated rings. The Morgan fingerprint density at radius 1 is 1.21 bits per heavy atom. The fourth-order valence-corrected chi connectivity index (χ4v) is 4.30. The van der Waals surface area contributed by atoms with Gasteiger partial charge in [0.2, 0.25) is 0 Å². The molecule has 1 aromatic carbocycles. The largest absolute Gasteiger partial charge is 0.494 e. The monoisotopic (exact) mass is 397 g/mol. The molecule has 5 nitrogen and oxygen atoms in total. The van der Waals surface area contributed by atoms with Crippen molar-refractivity contribution in [2.24, 2.45) is 5.41 Å². The summed E-state index contributed by atoms with van der Waals surface area (Å²) in [7, 11) is 0. The zero-order chi connectivity index (χ0) is 21.2. The molecule has 1 N–H and O–H groups in total. The van der Waals surface area contributed by atoms with Crippen molar-refractivity contribution in [1.29, 1.82) is 0 Å². The first-order chi connectivity index (χ1) is 13.8. The number of ketones is 1. The SMILES string of the molecule is CCCOC(=O)C1=C(C)NC2=C(C(=O)CC(C)(C)C2)[C@@H]1c1ccccc1OCC. The van der Waals surface area contributed by atoms with E-state index in [1.54, 1.807) is 0 Å². The highest BCUT2D eigenvalue weighted by Crippen LogP contribution is 2.48. The Morgan fingerprint density at radius 3 is 2.62 bits per heavy atom. The van der Waals surface area contributed by atoms with E-state index in [0.29, 0.717) is 36.5 Å². The van der Waals surface area contributed by atoms with Crippen LogP contribution in [0.3, 0.4) is 0 Å². The lowest BCUT2D eigenvalue weighted by molar-refractivity contribution is -0.139. The van der Waals surface area contributed by atoms with Crippen molar-refractivity contribution in [2.75, 3.05) is 13.2 Å². The summed E-state index contributed by atoms with van der Waals surface area (Å²) < 4.78 is 11.4. The quantitative estimate of drug-likeness (QED) is 0.708. The molecule has 0 unspecified atom stereocenters. The maximum atomic E-state index is 13.3. The highest BCUT2D eigenvalue weighted by molar-refractivity contribution is 6.04. The van der Waals surface area contributed by atoms with Gasteiger partial charge in [0.15, 0.2) is 5.78 Å². The first-order valence-electron chi connectivity index (χ1n) is 10.4. The average molecular weight is 398 g/mol. The van der Waals surface area contributed by atoms with Crippen molar-refractivity contribution in [3.05, 3.63) is 52.4 Å². The molecule has 2 aliphatic rings. The number of rotatable bonds is 6. The molecule has 156 valence electrons. The van der Waals surface area contributed by atoms with Gasteiger partial charge in [0, 0.05) is 29.0 Å². The summed E-state index contributed by atoms with van der Waals surface area (Å²) in [5.41, 5.74) is 3.54. The molecule has 0 amide bonds. The summed E-state index contributed by atoms with van der Waals surface area (Å²) in [6, 6.07) is 7.66. The van der Waals surface area contributed by atoms with Crippen LogP contribution < -0.4 is 10.1 Å². The van der Waals surface area contributed by atoms with Gasteiger partial charge in [-0.15, -0.1) is 0 Å². The van der Waals surface area contributed by atoms with Gasteiger partial charge in [0.05, 0.1) is 24.7 Å². The number of dihydropyridines is 1. The van der Waals surface area contributed by atoms with Crippen LogP contribution in [0.25, 0.3) is 0 Å². The van der Waals surface area contributed by atoms with Crippen LogP contribution >= 0.6 is 0 Å². The minimum Gasteiger partial charge on any atom is -0.494 e. The standard InChI is InChI=1S/C24H31NO4/c1-6-12-29-23(27)20-15(3)25-17-13-24(4,5)14-18(26)22(17)21(20)16-10-8-9-11-19(16)28-7-2/h8-11,21,25H,6-7,12-14H2,1-5H3/t21-/m1/s1. The third-order valence-electron chi connectivity index (χ3n) is 5.43. The Bertz CT molecular complexity index is 879. The molecule has 0 aromatic heterocycles. The molecule has 0 saturated carbocycles. The molecule has 0 bridgehead atoms. The molecular weight excluding hydrogens is 366 g/mol. The van der Waals surface area contributed by atoms with Crippen molar-refractivity contribution in [3.8, 4) is 5.75 Å². The van der Waals surface area contributed by atoms with Crippen LogP contribution in [0.15, 0.2) is 46.8 Å². The molecule has 0 spiro atoms.